The summed E-state index contributed by atoms with van der Waals surface area (Å²) < 4.78 is 5.95. The van der Waals surface area contributed by atoms with E-state index in [1.54, 1.807) is 0 Å². The quantitative estimate of drug-likeness (QED) is 0.650. The van der Waals surface area contributed by atoms with Gasteiger partial charge in [0, 0.05) is 0 Å². The third-order valence-electron chi connectivity index (χ3n) is 4.47. The Morgan fingerprint density at radius 2 is 1.45 bits per heavy atom. The van der Waals surface area contributed by atoms with Crippen LogP contribution in [0, 0.1) is 16.7 Å². The number of esters is 1. The Kier molecular flexibility index (Phi) is 5.32. The van der Waals surface area contributed by atoms with Crippen LogP contribution in [0.4, 0.5) is 0 Å². The molecule has 0 unspecified atom stereocenters. The lowest BCUT2D eigenvalue weighted by atomic mass is 9.75. The molecule has 1 aliphatic carbocycles. The smallest absolute Gasteiger partial charge is 0.312 e. The predicted octanol–water partition coefficient (Wildman–Crippen LogP) is 5.35. The third-order valence-corrected chi connectivity index (χ3v) is 4.47. The van der Waals surface area contributed by atoms with E-state index in [1.807, 2.05) is 13.8 Å². The Morgan fingerprint density at radius 3 is 1.90 bits per heavy atom. The molecule has 0 aromatic rings. The number of hydrogen-bond acceptors (Lipinski definition) is 2. The zero-order valence-electron chi connectivity index (χ0n) is 14.6. The van der Waals surface area contributed by atoms with Gasteiger partial charge in [-0.1, -0.05) is 40.0 Å². The van der Waals surface area contributed by atoms with E-state index in [4.69, 9.17) is 4.74 Å². The lowest BCUT2D eigenvalue weighted by Crippen LogP contribution is -2.42. The van der Waals surface area contributed by atoms with Crippen LogP contribution in [0.5, 0.6) is 0 Å². The van der Waals surface area contributed by atoms with E-state index in [0.29, 0.717) is 5.92 Å². The zero-order chi connectivity index (χ0) is 15.6. The van der Waals surface area contributed by atoms with E-state index in [9.17, 15) is 4.79 Å². The number of ether oxygens (including phenoxy) is 1. The Morgan fingerprint density at radius 1 is 0.950 bits per heavy atom. The van der Waals surface area contributed by atoms with Crippen molar-refractivity contribution in [3.63, 3.8) is 0 Å². The second kappa shape index (κ2) is 6.07. The highest BCUT2D eigenvalue weighted by molar-refractivity contribution is 5.76. The molecule has 0 aliphatic heterocycles. The fourth-order valence-electron chi connectivity index (χ4n) is 3.66. The lowest BCUT2D eigenvalue weighted by molar-refractivity contribution is -0.175. The summed E-state index contributed by atoms with van der Waals surface area (Å²) in [7, 11) is 0. The maximum Gasteiger partial charge on any atom is 0.312 e. The van der Waals surface area contributed by atoms with Crippen molar-refractivity contribution >= 4 is 5.97 Å². The van der Waals surface area contributed by atoms with Crippen molar-refractivity contribution in [3.8, 4) is 0 Å². The van der Waals surface area contributed by atoms with Crippen molar-refractivity contribution in [2.75, 3.05) is 0 Å². The lowest BCUT2D eigenvalue weighted by Gasteiger charge is -2.39. The highest BCUT2D eigenvalue weighted by Gasteiger charge is 2.40. The van der Waals surface area contributed by atoms with Crippen molar-refractivity contribution in [2.24, 2.45) is 16.7 Å². The minimum atomic E-state index is -0.413. The Bertz CT molecular complexity index is 328. The van der Waals surface area contributed by atoms with Crippen LogP contribution in [-0.4, -0.2) is 11.6 Å². The summed E-state index contributed by atoms with van der Waals surface area (Å²) in [5.41, 5.74) is -0.603. The molecule has 2 nitrogen and oxygen atoms in total. The zero-order valence-corrected chi connectivity index (χ0v) is 14.6. The Hall–Kier alpha value is -0.530. The molecule has 2 heteroatoms. The molecule has 0 spiro atoms. The van der Waals surface area contributed by atoms with Crippen molar-refractivity contribution in [2.45, 2.75) is 92.6 Å². The second-order valence-electron chi connectivity index (χ2n) is 8.95. The Balaban J connectivity index is 2.67. The van der Waals surface area contributed by atoms with E-state index in [-0.39, 0.29) is 17.0 Å². The van der Waals surface area contributed by atoms with Crippen molar-refractivity contribution in [3.05, 3.63) is 0 Å². The van der Waals surface area contributed by atoms with Crippen molar-refractivity contribution < 1.29 is 9.53 Å². The molecule has 0 heterocycles. The van der Waals surface area contributed by atoms with Crippen LogP contribution >= 0.6 is 0 Å². The van der Waals surface area contributed by atoms with Gasteiger partial charge in [0.05, 0.1) is 5.41 Å². The summed E-state index contributed by atoms with van der Waals surface area (Å²) in [6.45, 7) is 14.7. The summed E-state index contributed by atoms with van der Waals surface area (Å²) in [5.74, 6) is 0.480. The second-order valence-corrected chi connectivity index (χ2v) is 8.95. The van der Waals surface area contributed by atoms with E-state index in [1.165, 1.54) is 32.1 Å². The first kappa shape index (κ1) is 17.5. The van der Waals surface area contributed by atoms with Gasteiger partial charge in [-0.15, -0.1) is 0 Å². The standard InChI is InChI=1S/C18H34O2/c1-16(2,3)13-17(4,5)15(19)20-18(6,7)14-11-9-8-10-12-14/h14H,8-13H2,1-7H3. The largest absolute Gasteiger partial charge is 0.459 e. The van der Waals surface area contributed by atoms with Gasteiger partial charge < -0.3 is 4.74 Å². The van der Waals surface area contributed by atoms with E-state index in [2.05, 4.69) is 34.6 Å². The van der Waals surface area contributed by atoms with Crippen LogP contribution in [0.1, 0.15) is 87.0 Å². The molecule has 0 bridgehead atoms. The fraction of sp³-hybridized carbons (Fsp3) is 0.944. The molecule has 0 radical (unpaired) electrons. The normalized spacial score (nSPS) is 18.9. The van der Waals surface area contributed by atoms with Crippen molar-refractivity contribution in [1.82, 2.24) is 0 Å². The van der Waals surface area contributed by atoms with Crippen LogP contribution in [0.3, 0.4) is 0 Å². The topological polar surface area (TPSA) is 26.3 Å². The molecular weight excluding hydrogens is 248 g/mol. The number of hydrogen-bond donors (Lipinski definition) is 0. The summed E-state index contributed by atoms with van der Waals surface area (Å²) >= 11 is 0. The number of carbonyl (C=O) groups excluding carboxylic acids is 1. The summed E-state index contributed by atoms with van der Waals surface area (Å²) in [6.07, 6.45) is 7.11. The summed E-state index contributed by atoms with van der Waals surface area (Å²) in [4.78, 5) is 12.6. The average molecular weight is 282 g/mol. The molecule has 20 heavy (non-hydrogen) atoms. The monoisotopic (exact) mass is 282 g/mol. The Labute approximate surface area is 125 Å². The first-order valence-corrected chi connectivity index (χ1v) is 8.17. The minimum absolute atomic E-state index is 0.0389. The highest BCUT2D eigenvalue weighted by Crippen LogP contribution is 2.39. The van der Waals surface area contributed by atoms with Crippen LogP contribution in [-0.2, 0) is 9.53 Å². The third kappa shape index (κ3) is 5.10. The molecule has 0 saturated heterocycles. The SMILES string of the molecule is CC(C)(C)CC(C)(C)C(=O)OC(C)(C)C1CCCCC1. The summed E-state index contributed by atoms with van der Waals surface area (Å²) in [6, 6.07) is 0. The maximum atomic E-state index is 12.6. The number of rotatable bonds is 4. The highest BCUT2D eigenvalue weighted by atomic mass is 16.6. The van der Waals surface area contributed by atoms with Gasteiger partial charge in [-0.3, -0.25) is 4.79 Å². The van der Waals surface area contributed by atoms with Gasteiger partial charge >= 0.3 is 5.97 Å². The van der Waals surface area contributed by atoms with Gasteiger partial charge in [-0.05, 0) is 58.3 Å². The molecular formula is C18H34O2. The molecule has 1 rings (SSSR count). The molecule has 1 aliphatic rings. The van der Waals surface area contributed by atoms with E-state index < -0.39 is 5.41 Å². The van der Waals surface area contributed by atoms with E-state index >= 15 is 0 Å². The van der Waals surface area contributed by atoms with Gasteiger partial charge in [-0.25, -0.2) is 0 Å². The van der Waals surface area contributed by atoms with Crippen LogP contribution < -0.4 is 0 Å². The van der Waals surface area contributed by atoms with Gasteiger partial charge in [0.1, 0.15) is 5.60 Å². The predicted molar refractivity (Wildman–Crippen MR) is 84.6 cm³/mol. The molecule has 0 amide bonds. The van der Waals surface area contributed by atoms with Gasteiger partial charge in [-0.2, -0.15) is 0 Å². The van der Waals surface area contributed by atoms with Crippen LogP contribution in [0.25, 0.3) is 0 Å². The summed E-state index contributed by atoms with van der Waals surface area (Å²) in [5, 5.41) is 0. The average Bonchev–Trinajstić information content (AvgIpc) is 2.26. The molecule has 0 aromatic heterocycles. The molecule has 0 aromatic carbocycles. The molecule has 0 N–H and O–H groups in total. The maximum absolute atomic E-state index is 12.6. The first-order valence-electron chi connectivity index (χ1n) is 8.17. The fourth-order valence-corrected chi connectivity index (χ4v) is 3.66. The number of carbonyl (C=O) groups is 1. The molecule has 0 atom stereocenters. The van der Waals surface area contributed by atoms with Crippen LogP contribution in [0.2, 0.25) is 0 Å². The van der Waals surface area contributed by atoms with Gasteiger partial charge in [0.15, 0.2) is 0 Å². The molecule has 1 fully saturated rings. The van der Waals surface area contributed by atoms with Gasteiger partial charge in [0.2, 0.25) is 0 Å². The minimum Gasteiger partial charge on any atom is -0.459 e. The van der Waals surface area contributed by atoms with Gasteiger partial charge in [0.25, 0.3) is 0 Å². The van der Waals surface area contributed by atoms with E-state index in [0.717, 1.165) is 6.42 Å². The van der Waals surface area contributed by atoms with Crippen LogP contribution in [0.15, 0.2) is 0 Å². The molecule has 1 saturated carbocycles. The first-order chi connectivity index (χ1) is 8.94. The molecule has 118 valence electrons. The van der Waals surface area contributed by atoms with Crippen molar-refractivity contribution in [1.29, 1.82) is 0 Å².